The van der Waals surface area contributed by atoms with E-state index in [-0.39, 0.29) is 11.5 Å². The topological polar surface area (TPSA) is 82.0 Å². The minimum atomic E-state index is -1.38. The van der Waals surface area contributed by atoms with Crippen LogP contribution in [0.2, 0.25) is 0 Å². The van der Waals surface area contributed by atoms with Crippen molar-refractivity contribution in [3.05, 3.63) is 70.5 Å². The van der Waals surface area contributed by atoms with Crippen molar-refractivity contribution in [3.8, 4) is 0 Å². The molecule has 1 aliphatic carbocycles. The number of carboxylic acid groups (broad SMARTS) is 1. The summed E-state index contributed by atoms with van der Waals surface area (Å²) in [6.07, 6.45) is 6.63. The van der Waals surface area contributed by atoms with Gasteiger partial charge in [0.25, 0.3) is 0 Å². The SMILES string of the molecule is Cc1cc([S+](C)[O-])c(F)cc1/C=C1/C=C(CCON=CC(=O)O)c2ccccc21. The van der Waals surface area contributed by atoms with Gasteiger partial charge in [0.15, 0.2) is 16.9 Å². The van der Waals surface area contributed by atoms with E-state index in [1.54, 1.807) is 6.07 Å². The smallest absolute Gasteiger partial charge is 0.350 e. The molecule has 29 heavy (non-hydrogen) atoms. The highest BCUT2D eigenvalue weighted by Crippen LogP contribution is 2.38. The number of halogens is 1. The minimum absolute atomic E-state index is 0.201. The highest BCUT2D eigenvalue weighted by molar-refractivity contribution is 7.90. The van der Waals surface area contributed by atoms with Crippen LogP contribution >= 0.6 is 0 Å². The van der Waals surface area contributed by atoms with Crippen molar-refractivity contribution in [2.24, 2.45) is 5.16 Å². The van der Waals surface area contributed by atoms with Crippen molar-refractivity contribution in [3.63, 3.8) is 0 Å². The monoisotopic (exact) mass is 413 g/mol. The second-order valence-corrected chi connectivity index (χ2v) is 7.91. The molecule has 5 nitrogen and oxygen atoms in total. The molecule has 0 spiro atoms. The van der Waals surface area contributed by atoms with Crippen LogP contribution < -0.4 is 0 Å². The number of oxime groups is 1. The van der Waals surface area contributed by atoms with Crippen LogP contribution in [-0.4, -0.2) is 34.7 Å². The average molecular weight is 413 g/mol. The number of aliphatic carboxylic acids is 1. The zero-order chi connectivity index (χ0) is 21.0. The fraction of sp³-hybridized carbons (Fsp3) is 0.182. The summed E-state index contributed by atoms with van der Waals surface area (Å²) in [6, 6.07) is 10.9. The van der Waals surface area contributed by atoms with E-state index in [1.165, 1.54) is 12.3 Å². The summed E-state index contributed by atoms with van der Waals surface area (Å²) in [5.74, 6) is -1.65. The first kappa shape index (κ1) is 20.8. The fourth-order valence-electron chi connectivity index (χ4n) is 3.19. The van der Waals surface area contributed by atoms with Crippen LogP contribution in [0, 0.1) is 12.7 Å². The number of carboxylic acids is 1. The Bertz CT molecular complexity index is 1030. The Balaban J connectivity index is 1.88. The lowest BCUT2D eigenvalue weighted by Crippen LogP contribution is -2.02. The molecule has 150 valence electrons. The molecule has 0 saturated carbocycles. The molecule has 0 heterocycles. The summed E-state index contributed by atoms with van der Waals surface area (Å²) in [4.78, 5) is 15.6. The molecule has 2 aromatic rings. The van der Waals surface area contributed by atoms with Gasteiger partial charge >= 0.3 is 5.97 Å². The highest BCUT2D eigenvalue weighted by Gasteiger charge is 2.19. The molecule has 0 fully saturated rings. The summed E-state index contributed by atoms with van der Waals surface area (Å²) in [5.41, 5.74) is 5.61. The molecule has 1 N–H and O–H groups in total. The number of hydrogen-bond donors (Lipinski definition) is 1. The van der Waals surface area contributed by atoms with Crippen LogP contribution in [0.1, 0.15) is 28.7 Å². The van der Waals surface area contributed by atoms with E-state index in [9.17, 15) is 13.7 Å². The molecule has 3 rings (SSSR count). The number of rotatable bonds is 7. The zero-order valence-electron chi connectivity index (χ0n) is 16.0. The highest BCUT2D eigenvalue weighted by atomic mass is 32.2. The van der Waals surface area contributed by atoms with Crippen LogP contribution in [0.5, 0.6) is 0 Å². The molecular formula is C22H20FNO4S. The second kappa shape index (κ2) is 9.07. The van der Waals surface area contributed by atoms with Gasteiger partial charge < -0.3 is 14.5 Å². The Morgan fingerprint density at radius 3 is 2.72 bits per heavy atom. The number of benzene rings is 2. The number of carbonyl (C=O) groups is 1. The van der Waals surface area contributed by atoms with Crippen LogP contribution in [-0.2, 0) is 20.8 Å². The van der Waals surface area contributed by atoms with Gasteiger partial charge in [0, 0.05) is 6.42 Å². The van der Waals surface area contributed by atoms with E-state index >= 15 is 0 Å². The molecule has 1 unspecified atom stereocenters. The van der Waals surface area contributed by atoms with E-state index in [0.717, 1.165) is 33.4 Å². The third-order valence-electron chi connectivity index (χ3n) is 4.56. The summed E-state index contributed by atoms with van der Waals surface area (Å²) < 4.78 is 26.0. The Labute approximate surface area is 171 Å². The van der Waals surface area contributed by atoms with Gasteiger partial charge in [-0.05, 0) is 69.7 Å². The van der Waals surface area contributed by atoms with Crippen molar-refractivity contribution < 1.29 is 23.7 Å². The number of hydrogen-bond acceptors (Lipinski definition) is 4. The van der Waals surface area contributed by atoms with Crippen molar-refractivity contribution >= 4 is 40.6 Å². The van der Waals surface area contributed by atoms with E-state index in [2.05, 4.69) is 5.16 Å². The molecule has 7 heteroatoms. The summed E-state index contributed by atoms with van der Waals surface area (Å²) in [7, 11) is 0. The zero-order valence-corrected chi connectivity index (χ0v) is 16.8. The first-order chi connectivity index (χ1) is 13.9. The van der Waals surface area contributed by atoms with Gasteiger partial charge in [-0.25, -0.2) is 9.18 Å². The van der Waals surface area contributed by atoms with Gasteiger partial charge in [-0.2, -0.15) is 0 Å². The van der Waals surface area contributed by atoms with Gasteiger partial charge in [0.05, 0.1) is 0 Å². The lowest BCUT2D eigenvalue weighted by Gasteiger charge is -2.09. The van der Waals surface area contributed by atoms with Crippen LogP contribution in [0.25, 0.3) is 17.2 Å². The molecule has 1 atom stereocenters. The van der Waals surface area contributed by atoms with E-state index < -0.39 is 23.0 Å². The number of nitrogens with zero attached hydrogens (tertiary/aromatic N) is 1. The normalized spacial score (nSPS) is 15.4. The molecule has 0 saturated heterocycles. The van der Waals surface area contributed by atoms with Crippen LogP contribution in [0.15, 0.2) is 52.5 Å². The first-order valence-corrected chi connectivity index (χ1v) is 10.5. The van der Waals surface area contributed by atoms with Crippen molar-refractivity contribution in [1.29, 1.82) is 0 Å². The minimum Gasteiger partial charge on any atom is -0.612 e. The standard InChI is InChI=1S/C22H20FNO4S/c1-14-9-21(29(2)27)20(23)12-16(14)11-17-10-15(7-8-28-24-13-22(25)26)18-5-3-4-6-19(17)18/h3-6,9-13H,7-8H2,1-2H3,(H,25,26)/b17-11-,24-13?. The molecule has 0 bridgehead atoms. The molecule has 0 aliphatic heterocycles. The van der Waals surface area contributed by atoms with Crippen molar-refractivity contribution in [2.75, 3.05) is 12.9 Å². The van der Waals surface area contributed by atoms with Crippen molar-refractivity contribution in [1.82, 2.24) is 0 Å². The molecule has 0 radical (unpaired) electrons. The second-order valence-electron chi connectivity index (χ2n) is 6.56. The van der Waals surface area contributed by atoms with Crippen LogP contribution in [0.3, 0.4) is 0 Å². The maximum atomic E-state index is 14.3. The average Bonchev–Trinajstić information content (AvgIpc) is 3.01. The number of aryl methyl sites for hydroxylation is 1. The summed E-state index contributed by atoms with van der Waals surface area (Å²) in [6.45, 7) is 2.10. The Morgan fingerprint density at radius 1 is 1.31 bits per heavy atom. The van der Waals surface area contributed by atoms with Gasteiger partial charge in [-0.1, -0.05) is 35.5 Å². The first-order valence-electron chi connectivity index (χ1n) is 8.90. The predicted octanol–water partition coefficient (Wildman–Crippen LogP) is 4.29. The molecule has 1 aliphatic rings. The lowest BCUT2D eigenvalue weighted by molar-refractivity contribution is -0.129. The third kappa shape index (κ3) is 4.93. The Kier molecular flexibility index (Phi) is 6.51. The molecule has 2 aromatic carbocycles. The molecule has 0 aromatic heterocycles. The maximum absolute atomic E-state index is 14.3. The summed E-state index contributed by atoms with van der Waals surface area (Å²) >= 11 is -1.38. The number of fused-ring (bicyclic) bond motifs is 1. The van der Waals surface area contributed by atoms with Gasteiger partial charge in [0.1, 0.15) is 12.9 Å². The molecular weight excluding hydrogens is 393 g/mol. The largest absolute Gasteiger partial charge is 0.612 e. The van der Waals surface area contributed by atoms with Crippen LogP contribution in [0.4, 0.5) is 4.39 Å². The molecule has 0 amide bonds. The van der Waals surface area contributed by atoms with E-state index in [1.807, 2.05) is 43.3 Å². The predicted molar refractivity (Wildman–Crippen MR) is 112 cm³/mol. The Hall–Kier alpha value is -2.90. The lowest BCUT2D eigenvalue weighted by atomic mass is 10.0. The quantitative estimate of drug-likeness (QED) is 0.318. The van der Waals surface area contributed by atoms with Gasteiger partial charge in [0.2, 0.25) is 0 Å². The maximum Gasteiger partial charge on any atom is 0.350 e. The van der Waals surface area contributed by atoms with E-state index in [0.29, 0.717) is 12.6 Å². The van der Waals surface area contributed by atoms with Crippen molar-refractivity contribution in [2.45, 2.75) is 18.2 Å². The third-order valence-corrected chi connectivity index (χ3v) is 5.49. The fourth-order valence-corrected chi connectivity index (χ4v) is 3.86. The van der Waals surface area contributed by atoms with E-state index in [4.69, 9.17) is 9.94 Å². The Morgan fingerprint density at radius 2 is 2.03 bits per heavy atom. The van der Waals surface area contributed by atoms with Gasteiger partial charge in [-0.3, -0.25) is 0 Å². The number of allylic oxidation sites excluding steroid dienone is 2. The summed E-state index contributed by atoms with van der Waals surface area (Å²) in [5, 5.41) is 11.9. The van der Waals surface area contributed by atoms with Gasteiger partial charge in [-0.15, -0.1) is 0 Å².